The monoisotopic (exact) mass is 323 g/mol. The minimum Gasteiger partial charge on any atom is -0.396 e. The highest BCUT2D eigenvalue weighted by atomic mass is 16.3. The van der Waals surface area contributed by atoms with E-state index >= 15 is 0 Å². The van der Waals surface area contributed by atoms with Gasteiger partial charge in [0.15, 0.2) is 0 Å². The highest BCUT2D eigenvalue weighted by molar-refractivity contribution is 5.74. The summed E-state index contributed by atoms with van der Waals surface area (Å²) in [6.07, 6.45) is 6.60. The van der Waals surface area contributed by atoms with E-state index in [1.165, 1.54) is 19.3 Å². The van der Waals surface area contributed by atoms with Crippen molar-refractivity contribution in [3.05, 3.63) is 11.6 Å². The minimum absolute atomic E-state index is 0.0660. The van der Waals surface area contributed by atoms with Crippen LogP contribution in [-0.4, -0.2) is 44.6 Å². The van der Waals surface area contributed by atoms with Gasteiger partial charge in [-0.1, -0.05) is 13.3 Å². The lowest BCUT2D eigenvalue weighted by molar-refractivity contribution is 0.201. The van der Waals surface area contributed by atoms with E-state index in [2.05, 4.69) is 25.4 Å². The molecule has 0 bridgehead atoms. The van der Waals surface area contributed by atoms with Crippen molar-refractivity contribution in [1.29, 1.82) is 0 Å². The molecule has 130 valence electrons. The summed E-state index contributed by atoms with van der Waals surface area (Å²) in [5, 5.41) is 23.4. The average Bonchev–Trinajstić information content (AvgIpc) is 2.75. The first-order valence-corrected chi connectivity index (χ1v) is 8.66. The molecule has 1 aromatic rings. The predicted molar refractivity (Wildman–Crippen MR) is 88.2 cm³/mol. The molecule has 1 atom stereocenters. The molecule has 0 aliphatic carbocycles. The molecular formula is C16H29N5O2. The summed E-state index contributed by atoms with van der Waals surface area (Å²) in [6.45, 7) is 5.52. The molecule has 0 spiro atoms. The van der Waals surface area contributed by atoms with Gasteiger partial charge in [-0.3, -0.25) is 0 Å². The second kappa shape index (κ2) is 8.29. The maximum absolute atomic E-state index is 12.0. The van der Waals surface area contributed by atoms with Gasteiger partial charge in [-0.2, -0.15) is 0 Å². The average molecular weight is 323 g/mol. The summed E-state index contributed by atoms with van der Waals surface area (Å²) < 4.78 is 2.20. The van der Waals surface area contributed by atoms with Crippen LogP contribution in [0.1, 0.15) is 57.6 Å². The Morgan fingerprint density at radius 2 is 2.17 bits per heavy atom. The van der Waals surface area contributed by atoms with E-state index in [0.29, 0.717) is 19.4 Å². The first-order valence-electron chi connectivity index (χ1n) is 8.66. The number of fused-ring (bicyclic) bond motifs is 1. The quantitative estimate of drug-likeness (QED) is 0.707. The van der Waals surface area contributed by atoms with Gasteiger partial charge in [0.1, 0.15) is 11.6 Å². The molecule has 2 heterocycles. The first kappa shape index (κ1) is 17.7. The van der Waals surface area contributed by atoms with Crippen LogP contribution >= 0.6 is 0 Å². The van der Waals surface area contributed by atoms with Crippen LogP contribution < -0.4 is 10.6 Å². The zero-order chi connectivity index (χ0) is 16.7. The van der Waals surface area contributed by atoms with Gasteiger partial charge >= 0.3 is 6.03 Å². The fraction of sp³-hybridized carbons (Fsp3) is 0.812. The molecule has 3 N–H and O–H groups in total. The summed E-state index contributed by atoms with van der Waals surface area (Å²) in [5.74, 6) is 2.03. The van der Waals surface area contributed by atoms with Crippen molar-refractivity contribution in [2.24, 2.45) is 0 Å². The molecule has 1 unspecified atom stereocenters. The number of hydrogen-bond donors (Lipinski definition) is 3. The highest BCUT2D eigenvalue weighted by Gasteiger charge is 2.23. The number of aryl methyl sites for hydroxylation is 1. The van der Waals surface area contributed by atoms with Gasteiger partial charge in [0.2, 0.25) is 0 Å². The first-order chi connectivity index (χ1) is 11.1. The fourth-order valence-electron chi connectivity index (χ4n) is 2.91. The number of aliphatic hydroxyl groups excluding tert-OH is 1. The molecule has 0 saturated carbocycles. The predicted octanol–water partition coefficient (Wildman–Crippen LogP) is 1.40. The Labute approximate surface area is 137 Å². The summed E-state index contributed by atoms with van der Waals surface area (Å²) in [6, 6.07) is -0.196. The zero-order valence-electron chi connectivity index (χ0n) is 14.3. The normalized spacial score (nSPS) is 17.0. The molecule has 7 nitrogen and oxygen atoms in total. The van der Waals surface area contributed by atoms with Crippen LogP contribution in [0.15, 0.2) is 0 Å². The van der Waals surface area contributed by atoms with Crippen LogP contribution in [-0.2, 0) is 19.4 Å². The van der Waals surface area contributed by atoms with E-state index in [4.69, 9.17) is 5.11 Å². The van der Waals surface area contributed by atoms with E-state index in [-0.39, 0.29) is 18.2 Å². The molecular weight excluding hydrogens is 294 g/mol. The van der Waals surface area contributed by atoms with Crippen LogP contribution in [0.2, 0.25) is 0 Å². The number of nitrogens with one attached hydrogen (secondary N) is 2. The van der Waals surface area contributed by atoms with Gasteiger partial charge in [-0.05, 0) is 32.6 Å². The maximum atomic E-state index is 12.0. The summed E-state index contributed by atoms with van der Waals surface area (Å²) in [5.41, 5.74) is -0.370. The van der Waals surface area contributed by atoms with Crippen molar-refractivity contribution >= 4 is 6.03 Å². The Morgan fingerprint density at radius 1 is 1.35 bits per heavy atom. The Hall–Kier alpha value is -1.63. The fourth-order valence-corrected chi connectivity index (χ4v) is 2.91. The lowest BCUT2D eigenvalue weighted by atomic mass is 9.95. The van der Waals surface area contributed by atoms with Crippen molar-refractivity contribution in [2.45, 2.75) is 70.9 Å². The number of aromatic nitrogens is 3. The second-order valence-corrected chi connectivity index (χ2v) is 6.51. The number of carbonyl (C=O) groups excluding carboxylic acids is 1. The van der Waals surface area contributed by atoms with Crippen molar-refractivity contribution in [1.82, 2.24) is 25.4 Å². The Morgan fingerprint density at radius 3 is 2.91 bits per heavy atom. The molecule has 2 rings (SSSR count). The Balaban J connectivity index is 1.81. The highest BCUT2D eigenvalue weighted by Crippen LogP contribution is 2.15. The van der Waals surface area contributed by atoms with Crippen molar-refractivity contribution in [3.8, 4) is 0 Å². The number of amides is 2. The summed E-state index contributed by atoms with van der Waals surface area (Å²) >= 11 is 0. The topological polar surface area (TPSA) is 92.1 Å². The maximum Gasteiger partial charge on any atom is 0.315 e. The minimum atomic E-state index is -0.370. The standard InChI is InChI=1S/C16H29N5O2/c1-3-16(2,9-12-22)18-15(23)17-10-8-14-20-19-13-7-5-4-6-11-21(13)14/h22H,3-12H2,1-2H3,(H2,17,18,23). The molecule has 0 radical (unpaired) electrons. The van der Waals surface area contributed by atoms with Gasteiger partial charge in [0.25, 0.3) is 0 Å². The molecule has 0 fully saturated rings. The molecule has 1 aliphatic rings. The van der Waals surface area contributed by atoms with E-state index in [1.54, 1.807) is 0 Å². The molecule has 7 heteroatoms. The summed E-state index contributed by atoms with van der Waals surface area (Å²) in [7, 11) is 0. The van der Waals surface area contributed by atoms with E-state index in [9.17, 15) is 4.79 Å². The molecule has 0 saturated heterocycles. The van der Waals surface area contributed by atoms with E-state index < -0.39 is 0 Å². The number of hydrogen-bond acceptors (Lipinski definition) is 4. The second-order valence-electron chi connectivity index (χ2n) is 6.51. The van der Waals surface area contributed by atoms with Crippen molar-refractivity contribution < 1.29 is 9.90 Å². The molecule has 2 amide bonds. The third kappa shape index (κ3) is 4.92. The smallest absolute Gasteiger partial charge is 0.315 e. The molecule has 1 aliphatic heterocycles. The van der Waals surface area contributed by atoms with Gasteiger partial charge < -0.3 is 20.3 Å². The molecule has 23 heavy (non-hydrogen) atoms. The lowest BCUT2D eigenvalue weighted by Crippen LogP contribution is -2.50. The van der Waals surface area contributed by atoms with Gasteiger partial charge in [0, 0.05) is 38.1 Å². The van der Waals surface area contributed by atoms with Crippen LogP contribution in [0, 0.1) is 0 Å². The van der Waals surface area contributed by atoms with Gasteiger partial charge in [-0.15, -0.1) is 10.2 Å². The van der Waals surface area contributed by atoms with Crippen LogP contribution in [0.4, 0.5) is 4.79 Å². The van der Waals surface area contributed by atoms with Crippen LogP contribution in [0.3, 0.4) is 0 Å². The number of nitrogens with zero attached hydrogens (tertiary/aromatic N) is 3. The van der Waals surface area contributed by atoms with Crippen LogP contribution in [0.5, 0.6) is 0 Å². The lowest BCUT2D eigenvalue weighted by Gasteiger charge is -2.29. The Bertz CT molecular complexity index is 517. The van der Waals surface area contributed by atoms with E-state index in [1.807, 2.05) is 13.8 Å². The SMILES string of the molecule is CCC(C)(CCO)NC(=O)NCCc1nnc2n1CCCCC2. The van der Waals surface area contributed by atoms with Gasteiger partial charge in [0.05, 0.1) is 0 Å². The molecule has 0 aromatic carbocycles. The third-order valence-corrected chi connectivity index (χ3v) is 4.68. The van der Waals surface area contributed by atoms with E-state index in [0.717, 1.165) is 31.0 Å². The molecule has 1 aromatic heterocycles. The Kier molecular flexibility index (Phi) is 6.38. The largest absolute Gasteiger partial charge is 0.396 e. The van der Waals surface area contributed by atoms with Crippen molar-refractivity contribution in [3.63, 3.8) is 0 Å². The van der Waals surface area contributed by atoms with Crippen molar-refractivity contribution in [2.75, 3.05) is 13.2 Å². The number of aliphatic hydroxyl groups is 1. The zero-order valence-corrected chi connectivity index (χ0v) is 14.3. The number of urea groups is 1. The van der Waals surface area contributed by atoms with Gasteiger partial charge in [-0.25, -0.2) is 4.79 Å². The van der Waals surface area contributed by atoms with Crippen LogP contribution in [0.25, 0.3) is 0 Å². The number of carbonyl (C=O) groups is 1. The third-order valence-electron chi connectivity index (χ3n) is 4.68. The summed E-state index contributed by atoms with van der Waals surface area (Å²) in [4.78, 5) is 12.0. The number of rotatable bonds is 7.